The molecule has 0 radical (unpaired) electrons. The van der Waals surface area contributed by atoms with Crippen LogP contribution in [0.25, 0.3) is 0 Å². The molecule has 6 nitrogen and oxygen atoms in total. The Morgan fingerprint density at radius 2 is 2.08 bits per heavy atom. The van der Waals surface area contributed by atoms with Gasteiger partial charge in [0.05, 0.1) is 0 Å². The fraction of sp³-hybridized carbons (Fsp3) is 0.188. The van der Waals surface area contributed by atoms with E-state index in [0.717, 1.165) is 0 Å². The molecule has 2 aromatic rings. The average molecular weight is 332 g/mol. The normalized spacial score (nSPS) is 10.0. The second-order valence-corrected chi connectivity index (χ2v) is 4.63. The molecule has 2 rings (SSSR count). The highest BCUT2D eigenvalue weighted by atomic mass is 19.3. The molecule has 1 amide bonds. The smallest absolute Gasteiger partial charge is 0.272 e. The van der Waals surface area contributed by atoms with Crippen LogP contribution in [0.15, 0.2) is 30.6 Å². The van der Waals surface area contributed by atoms with Crippen molar-refractivity contribution in [3.8, 4) is 17.6 Å². The predicted molar refractivity (Wildman–Crippen MR) is 84.7 cm³/mol. The summed E-state index contributed by atoms with van der Waals surface area (Å²) >= 11 is 0. The topological polar surface area (TPSA) is 90.1 Å². The SMILES string of the molecule is CC(=O)Nc1cc(C#Cc2nccc(OCC(F)F)c2N)ccn1. The fourth-order valence-corrected chi connectivity index (χ4v) is 1.72. The monoisotopic (exact) mass is 332 g/mol. The van der Waals surface area contributed by atoms with Crippen molar-refractivity contribution in [1.29, 1.82) is 0 Å². The summed E-state index contributed by atoms with van der Waals surface area (Å²) < 4.78 is 29.3. The summed E-state index contributed by atoms with van der Waals surface area (Å²) in [7, 11) is 0. The van der Waals surface area contributed by atoms with E-state index >= 15 is 0 Å². The average Bonchev–Trinajstić information content (AvgIpc) is 2.52. The Kier molecular flexibility index (Phi) is 5.63. The number of hydrogen-bond acceptors (Lipinski definition) is 5. The second-order valence-electron chi connectivity index (χ2n) is 4.63. The number of anilines is 2. The fourth-order valence-electron chi connectivity index (χ4n) is 1.72. The lowest BCUT2D eigenvalue weighted by atomic mass is 10.2. The lowest BCUT2D eigenvalue weighted by Gasteiger charge is -2.08. The Bertz CT molecular complexity index is 800. The molecule has 2 heterocycles. The largest absolute Gasteiger partial charge is 0.485 e. The maximum absolute atomic E-state index is 12.2. The van der Waals surface area contributed by atoms with Gasteiger partial charge in [0.2, 0.25) is 5.91 Å². The van der Waals surface area contributed by atoms with Crippen LogP contribution in [0, 0.1) is 11.8 Å². The summed E-state index contributed by atoms with van der Waals surface area (Å²) in [5.74, 6) is 5.78. The highest BCUT2D eigenvalue weighted by Crippen LogP contribution is 2.23. The molecule has 0 aromatic carbocycles. The Balaban J connectivity index is 2.21. The number of pyridine rings is 2. The van der Waals surface area contributed by atoms with E-state index in [1.807, 2.05) is 0 Å². The number of nitrogen functional groups attached to an aromatic ring is 1. The Morgan fingerprint density at radius 1 is 1.33 bits per heavy atom. The highest BCUT2D eigenvalue weighted by Gasteiger charge is 2.09. The maximum Gasteiger partial charge on any atom is 0.272 e. The van der Waals surface area contributed by atoms with E-state index in [9.17, 15) is 13.6 Å². The number of nitrogens with one attached hydrogen (secondary N) is 1. The van der Waals surface area contributed by atoms with Crippen LogP contribution in [0.1, 0.15) is 18.2 Å². The lowest BCUT2D eigenvalue weighted by Crippen LogP contribution is -2.09. The third-order valence-corrected chi connectivity index (χ3v) is 2.70. The molecule has 2 aromatic heterocycles. The van der Waals surface area contributed by atoms with Gasteiger partial charge in [-0.25, -0.2) is 18.7 Å². The molecule has 0 aliphatic carbocycles. The van der Waals surface area contributed by atoms with Crippen LogP contribution in [0.4, 0.5) is 20.3 Å². The number of carbonyl (C=O) groups is 1. The van der Waals surface area contributed by atoms with Crippen molar-refractivity contribution in [1.82, 2.24) is 9.97 Å². The van der Waals surface area contributed by atoms with Gasteiger partial charge in [0.15, 0.2) is 0 Å². The van der Waals surface area contributed by atoms with Crippen molar-refractivity contribution in [2.45, 2.75) is 13.3 Å². The van der Waals surface area contributed by atoms with Gasteiger partial charge < -0.3 is 15.8 Å². The molecule has 0 bridgehead atoms. The summed E-state index contributed by atoms with van der Waals surface area (Å²) in [5, 5.41) is 2.54. The molecular formula is C16H14F2N4O2. The van der Waals surface area contributed by atoms with Gasteiger partial charge >= 0.3 is 0 Å². The van der Waals surface area contributed by atoms with Gasteiger partial charge in [-0.1, -0.05) is 5.92 Å². The van der Waals surface area contributed by atoms with Crippen molar-refractivity contribution < 1.29 is 18.3 Å². The number of ether oxygens (including phenoxy) is 1. The molecule has 3 N–H and O–H groups in total. The molecule has 0 spiro atoms. The number of halogens is 2. The van der Waals surface area contributed by atoms with Crippen LogP contribution in [0.2, 0.25) is 0 Å². The van der Waals surface area contributed by atoms with Crippen molar-refractivity contribution in [2.75, 3.05) is 17.7 Å². The van der Waals surface area contributed by atoms with Gasteiger partial charge in [-0.15, -0.1) is 0 Å². The lowest BCUT2D eigenvalue weighted by molar-refractivity contribution is -0.114. The third kappa shape index (κ3) is 4.91. The van der Waals surface area contributed by atoms with Gasteiger partial charge in [-0.3, -0.25) is 4.79 Å². The van der Waals surface area contributed by atoms with E-state index in [-0.39, 0.29) is 23.0 Å². The molecule has 0 saturated heterocycles. The van der Waals surface area contributed by atoms with Crippen molar-refractivity contribution >= 4 is 17.4 Å². The van der Waals surface area contributed by atoms with Gasteiger partial charge in [0.25, 0.3) is 6.43 Å². The number of amides is 1. The van der Waals surface area contributed by atoms with E-state index in [0.29, 0.717) is 11.4 Å². The number of hydrogen-bond donors (Lipinski definition) is 2. The first-order valence-electron chi connectivity index (χ1n) is 6.87. The zero-order valence-electron chi connectivity index (χ0n) is 12.7. The molecule has 0 aliphatic rings. The molecule has 0 fully saturated rings. The minimum Gasteiger partial charge on any atom is -0.485 e. The first kappa shape index (κ1) is 17.1. The molecule has 8 heteroatoms. The van der Waals surface area contributed by atoms with E-state index in [1.54, 1.807) is 12.1 Å². The molecular weight excluding hydrogens is 318 g/mol. The van der Waals surface area contributed by atoms with Crippen molar-refractivity contribution in [3.05, 3.63) is 41.9 Å². The van der Waals surface area contributed by atoms with Gasteiger partial charge in [0.1, 0.15) is 29.6 Å². The molecule has 124 valence electrons. The van der Waals surface area contributed by atoms with Crippen LogP contribution in [-0.2, 0) is 4.79 Å². The van der Waals surface area contributed by atoms with E-state index in [1.165, 1.54) is 25.4 Å². The van der Waals surface area contributed by atoms with Gasteiger partial charge in [-0.2, -0.15) is 0 Å². The number of nitrogens with two attached hydrogens (primary N) is 1. The zero-order valence-corrected chi connectivity index (χ0v) is 12.7. The van der Waals surface area contributed by atoms with E-state index in [4.69, 9.17) is 10.5 Å². The number of nitrogens with zero attached hydrogens (tertiary/aromatic N) is 2. The Hall–Kier alpha value is -3.21. The minimum absolute atomic E-state index is 0.0850. The molecule has 0 aliphatic heterocycles. The molecule has 0 atom stereocenters. The highest BCUT2D eigenvalue weighted by molar-refractivity contribution is 5.87. The number of rotatable bonds is 4. The minimum atomic E-state index is -2.60. The third-order valence-electron chi connectivity index (χ3n) is 2.70. The second kappa shape index (κ2) is 7.87. The Morgan fingerprint density at radius 3 is 2.79 bits per heavy atom. The zero-order chi connectivity index (χ0) is 17.5. The molecule has 0 unspecified atom stereocenters. The summed E-state index contributed by atoms with van der Waals surface area (Å²) in [6.45, 7) is 0.612. The first-order chi connectivity index (χ1) is 11.5. The Labute approximate surface area is 137 Å². The predicted octanol–water partition coefficient (Wildman–Crippen LogP) is 2.06. The van der Waals surface area contributed by atoms with Crippen molar-refractivity contribution in [3.63, 3.8) is 0 Å². The first-order valence-corrected chi connectivity index (χ1v) is 6.87. The maximum atomic E-state index is 12.2. The van der Waals surface area contributed by atoms with E-state index < -0.39 is 13.0 Å². The van der Waals surface area contributed by atoms with E-state index in [2.05, 4.69) is 27.1 Å². The van der Waals surface area contributed by atoms with Crippen LogP contribution in [0.3, 0.4) is 0 Å². The standard InChI is InChI=1S/C16H14F2N4O2/c1-10(23)22-15-8-11(4-6-21-15)2-3-12-16(19)13(5-7-20-12)24-9-14(17)18/h4-8,14H,9,19H2,1H3,(H,21,22,23). The summed E-state index contributed by atoms with van der Waals surface area (Å²) in [4.78, 5) is 19.0. The van der Waals surface area contributed by atoms with Crippen LogP contribution in [0.5, 0.6) is 5.75 Å². The van der Waals surface area contributed by atoms with Gasteiger partial charge in [-0.05, 0) is 18.1 Å². The summed E-state index contributed by atoms with van der Waals surface area (Å²) in [6.07, 6.45) is 0.265. The quantitative estimate of drug-likeness (QED) is 0.837. The number of alkyl halides is 2. The van der Waals surface area contributed by atoms with Crippen LogP contribution < -0.4 is 15.8 Å². The summed E-state index contributed by atoms with van der Waals surface area (Å²) in [5.41, 5.74) is 6.70. The molecule has 24 heavy (non-hydrogen) atoms. The van der Waals surface area contributed by atoms with Crippen molar-refractivity contribution in [2.24, 2.45) is 0 Å². The van der Waals surface area contributed by atoms with Gasteiger partial charge in [0, 0.05) is 30.9 Å². The summed E-state index contributed by atoms with van der Waals surface area (Å²) in [6, 6.07) is 4.62. The number of aromatic nitrogens is 2. The van der Waals surface area contributed by atoms with Crippen LogP contribution in [-0.4, -0.2) is 28.9 Å². The van der Waals surface area contributed by atoms with Crippen LogP contribution >= 0.6 is 0 Å². The molecule has 0 saturated carbocycles. The number of carbonyl (C=O) groups excluding carboxylic acids is 1.